The van der Waals surface area contributed by atoms with E-state index in [0.29, 0.717) is 0 Å². The molecule has 6 rings (SSSR count). The van der Waals surface area contributed by atoms with Gasteiger partial charge in [-0.05, 0) is 33.5 Å². The molecule has 0 unspecified atom stereocenters. The van der Waals surface area contributed by atoms with Gasteiger partial charge in [-0.2, -0.15) is 0 Å². The second-order valence-electron chi connectivity index (χ2n) is 7.89. The predicted molar refractivity (Wildman–Crippen MR) is 111 cm³/mol. The minimum atomic E-state index is -0.00296. The van der Waals surface area contributed by atoms with Gasteiger partial charge in [0.15, 0.2) is 0 Å². The zero-order valence-electron chi connectivity index (χ0n) is 14.9. The molecule has 1 heterocycles. The van der Waals surface area contributed by atoms with E-state index in [1.807, 2.05) is 0 Å². The molecule has 0 fully saturated rings. The lowest BCUT2D eigenvalue weighted by Crippen LogP contribution is -2.15. The third kappa shape index (κ3) is 1.52. The van der Waals surface area contributed by atoms with E-state index in [1.165, 1.54) is 54.8 Å². The lowest BCUT2D eigenvalue weighted by molar-refractivity contribution is 0.666. The van der Waals surface area contributed by atoms with Crippen LogP contribution in [0.4, 0.5) is 0 Å². The average Bonchev–Trinajstić information content (AvgIpc) is 3.16. The Kier molecular flexibility index (Phi) is 2.48. The van der Waals surface area contributed by atoms with Crippen LogP contribution in [-0.4, -0.2) is 4.98 Å². The fraction of sp³-hybridized carbons (Fsp3) is 0.120. The van der Waals surface area contributed by atoms with Crippen molar-refractivity contribution in [2.45, 2.75) is 19.3 Å². The lowest BCUT2D eigenvalue weighted by Gasteiger charge is -2.23. The van der Waals surface area contributed by atoms with E-state index in [-0.39, 0.29) is 5.41 Å². The molecular weight excluding hydrogens is 314 g/mol. The van der Waals surface area contributed by atoms with Crippen LogP contribution in [0.15, 0.2) is 72.8 Å². The van der Waals surface area contributed by atoms with Crippen molar-refractivity contribution in [3.05, 3.63) is 83.9 Å². The molecule has 0 saturated heterocycles. The van der Waals surface area contributed by atoms with E-state index in [4.69, 9.17) is 0 Å². The summed E-state index contributed by atoms with van der Waals surface area (Å²) in [5.74, 6) is 0. The van der Waals surface area contributed by atoms with E-state index in [1.54, 1.807) is 0 Å². The molecule has 5 aromatic rings. The van der Waals surface area contributed by atoms with Crippen molar-refractivity contribution < 1.29 is 0 Å². The normalized spacial score (nSPS) is 14.8. The minimum absolute atomic E-state index is 0.00296. The van der Waals surface area contributed by atoms with Gasteiger partial charge < -0.3 is 4.98 Å². The molecule has 0 spiro atoms. The number of hydrogen-bond donors (Lipinski definition) is 1. The number of para-hydroxylation sites is 1. The molecule has 0 bridgehead atoms. The summed E-state index contributed by atoms with van der Waals surface area (Å²) < 4.78 is 0. The van der Waals surface area contributed by atoms with E-state index in [2.05, 4.69) is 91.6 Å². The van der Waals surface area contributed by atoms with Crippen molar-refractivity contribution in [1.29, 1.82) is 0 Å². The summed E-state index contributed by atoms with van der Waals surface area (Å²) in [6.45, 7) is 4.72. The Morgan fingerprint density at radius 3 is 2.19 bits per heavy atom. The van der Waals surface area contributed by atoms with Crippen LogP contribution in [-0.2, 0) is 5.41 Å². The van der Waals surface area contributed by atoms with Gasteiger partial charge in [0.2, 0.25) is 0 Å². The first kappa shape index (κ1) is 14.1. The van der Waals surface area contributed by atoms with Gasteiger partial charge in [-0.1, -0.05) is 80.6 Å². The van der Waals surface area contributed by atoms with Gasteiger partial charge >= 0.3 is 0 Å². The van der Waals surface area contributed by atoms with Gasteiger partial charge in [0, 0.05) is 27.3 Å². The number of aromatic nitrogens is 1. The summed E-state index contributed by atoms with van der Waals surface area (Å²) in [4.78, 5) is 3.75. The number of hydrogen-bond acceptors (Lipinski definition) is 0. The van der Waals surface area contributed by atoms with Crippen molar-refractivity contribution in [3.63, 3.8) is 0 Å². The second-order valence-corrected chi connectivity index (χ2v) is 7.89. The van der Waals surface area contributed by atoms with Crippen LogP contribution in [0.25, 0.3) is 43.7 Å². The van der Waals surface area contributed by atoms with Gasteiger partial charge in [0.1, 0.15) is 0 Å². The number of aromatic amines is 1. The number of H-pyrrole nitrogens is 1. The summed E-state index contributed by atoms with van der Waals surface area (Å²) >= 11 is 0. The van der Waals surface area contributed by atoms with Gasteiger partial charge in [-0.15, -0.1) is 0 Å². The van der Waals surface area contributed by atoms with Crippen molar-refractivity contribution >= 4 is 32.6 Å². The highest BCUT2D eigenvalue weighted by Crippen LogP contribution is 2.54. The molecule has 4 aromatic carbocycles. The van der Waals surface area contributed by atoms with Gasteiger partial charge in [0.05, 0.1) is 5.52 Å². The molecule has 0 aliphatic heterocycles. The molecular formula is C25H19N. The molecule has 1 aliphatic rings. The predicted octanol–water partition coefficient (Wildman–Crippen LogP) is 6.78. The van der Waals surface area contributed by atoms with Gasteiger partial charge in [-0.3, -0.25) is 0 Å². The number of nitrogens with one attached hydrogen (secondary N) is 1. The molecule has 26 heavy (non-hydrogen) atoms. The second kappa shape index (κ2) is 4.56. The maximum Gasteiger partial charge on any atom is 0.0554 e. The van der Waals surface area contributed by atoms with E-state index in [0.717, 1.165) is 0 Å². The fourth-order valence-corrected chi connectivity index (χ4v) is 5.09. The first-order valence-electron chi connectivity index (χ1n) is 9.23. The Hall–Kier alpha value is -3.06. The Morgan fingerprint density at radius 1 is 0.692 bits per heavy atom. The first-order valence-corrected chi connectivity index (χ1v) is 9.23. The number of fused-ring (bicyclic) bond motifs is 10. The van der Waals surface area contributed by atoms with E-state index < -0.39 is 0 Å². The smallest absolute Gasteiger partial charge is 0.0554 e. The Balaban J connectivity index is 1.99. The van der Waals surface area contributed by atoms with Crippen LogP contribution in [0.3, 0.4) is 0 Å². The van der Waals surface area contributed by atoms with Gasteiger partial charge in [-0.25, -0.2) is 0 Å². The summed E-state index contributed by atoms with van der Waals surface area (Å²) in [5, 5.41) is 5.38. The van der Waals surface area contributed by atoms with Crippen LogP contribution < -0.4 is 0 Å². The molecule has 1 N–H and O–H groups in total. The Morgan fingerprint density at radius 2 is 1.35 bits per heavy atom. The first-order chi connectivity index (χ1) is 12.7. The summed E-state index contributed by atoms with van der Waals surface area (Å²) in [6, 6.07) is 26.5. The third-order valence-electron chi connectivity index (χ3n) is 6.17. The zero-order chi connectivity index (χ0) is 17.5. The van der Waals surface area contributed by atoms with E-state index >= 15 is 0 Å². The molecule has 0 amide bonds. The average molecular weight is 333 g/mol. The van der Waals surface area contributed by atoms with Gasteiger partial charge in [0.25, 0.3) is 0 Å². The topological polar surface area (TPSA) is 15.8 Å². The largest absolute Gasteiger partial charge is 0.354 e. The lowest BCUT2D eigenvalue weighted by atomic mass is 9.79. The zero-order valence-corrected chi connectivity index (χ0v) is 14.9. The van der Waals surface area contributed by atoms with Crippen LogP contribution in [0.1, 0.15) is 25.0 Å². The van der Waals surface area contributed by atoms with E-state index in [9.17, 15) is 0 Å². The monoisotopic (exact) mass is 333 g/mol. The molecule has 124 valence electrons. The molecule has 0 radical (unpaired) electrons. The minimum Gasteiger partial charge on any atom is -0.354 e. The highest BCUT2D eigenvalue weighted by atomic mass is 14.7. The highest BCUT2D eigenvalue weighted by molar-refractivity contribution is 6.26. The van der Waals surface area contributed by atoms with Crippen molar-refractivity contribution in [2.75, 3.05) is 0 Å². The molecule has 1 aromatic heterocycles. The maximum absolute atomic E-state index is 3.75. The quantitative estimate of drug-likeness (QED) is 0.321. The van der Waals surface area contributed by atoms with Crippen LogP contribution in [0.5, 0.6) is 0 Å². The summed E-state index contributed by atoms with van der Waals surface area (Å²) in [5.41, 5.74) is 8.11. The van der Waals surface area contributed by atoms with Crippen molar-refractivity contribution in [2.24, 2.45) is 0 Å². The number of benzene rings is 4. The fourth-order valence-electron chi connectivity index (χ4n) is 5.09. The molecule has 1 aliphatic carbocycles. The standard InChI is InChI=1S/C25H19N/c1-25(2)19-13-7-5-11-17(19)22-23(25)16-10-4-3-9-15(16)21-18-12-6-8-14-20(18)26-24(21)22/h3-14,26H,1-2H3. The molecule has 1 heteroatoms. The SMILES string of the molecule is CC1(C)c2ccccc2-c2c1c1ccccc1c1c2[nH]c2ccccc21. The van der Waals surface area contributed by atoms with Crippen LogP contribution in [0, 0.1) is 0 Å². The molecule has 0 saturated carbocycles. The highest BCUT2D eigenvalue weighted by Gasteiger charge is 2.38. The maximum atomic E-state index is 3.75. The number of rotatable bonds is 0. The Labute approximate surface area is 152 Å². The Bertz CT molecular complexity index is 1350. The van der Waals surface area contributed by atoms with Crippen molar-refractivity contribution in [1.82, 2.24) is 4.98 Å². The van der Waals surface area contributed by atoms with Crippen LogP contribution in [0.2, 0.25) is 0 Å². The summed E-state index contributed by atoms with van der Waals surface area (Å²) in [7, 11) is 0. The van der Waals surface area contributed by atoms with Crippen LogP contribution >= 0.6 is 0 Å². The molecule has 0 atom stereocenters. The molecule has 1 nitrogen and oxygen atoms in total. The summed E-state index contributed by atoms with van der Waals surface area (Å²) in [6.07, 6.45) is 0. The van der Waals surface area contributed by atoms with Crippen molar-refractivity contribution in [3.8, 4) is 11.1 Å². The third-order valence-corrected chi connectivity index (χ3v) is 6.17.